The van der Waals surface area contributed by atoms with Gasteiger partial charge in [-0.2, -0.15) is 0 Å². The predicted octanol–water partition coefficient (Wildman–Crippen LogP) is 2.43. The average molecular weight is 329 g/mol. The van der Waals surface area contributed by atoms with Gasteiger partial charge in [0.05, 0.1) is 16.3 Å². The average Bonchev–Trinajstić information content (AvgIpc) is 3.05. The number of pyridine rings is 1. The monoisotopic (exact) mass is 329 g/mol. The number of hydrogen-bond donors (Lipinski definition) is 1. The molecule has 0 spiro atoms. The van der Waals surface area contributed by atoms with Crippen molar-refractivity contribution in [1.82, 2.24) is 14.5 Å². The van der Waals surface area contributed by atoms with Crippen LogP contribution in [0.1, 0.15) is 6.92 Å². The minimum absolute atomic E-state index is 0.00163. The molecular formula is C16H15N3O3S. The maximum absolute atomic E-state index is 12.1. The fraction of sp³-hybridized carbons (Fsp3) is 0.125. The summed E-state index contributed by atoms with van der Waals surface area (Å²) in [6.45, 7) is 1.58. The first kappa shape index (κ1) is 15.2. The van der Waals surface area contributed by atoms with E-state index in [1.54, 1.807) is 48.4 Å². The lowest BCUT2D eigenvalue weighted by Gasteiger charge is -2.11. The molecule has 1 aromatic carbocycles. The largest absolute Gasteiger partial charge is 0.506 e. The summed E-state index contributed by atoms with van der Waals surface area (Å²) in [6.07, 6.45) is 6.56. The third-order valence-corrected chi connectivity index (χ3v) is 5.26. The van der Waals surface area contributed by atoms with Gasteiger partial charge < -0.3 is 5.11 Å². The highest BCUT2D eigenvalue weighted by Crippen LogP contribution is 2.29. The zero-order valence-corrected chi connectivity index (χ0v) is 13.2. The van der Waals surface area contributed by atoms with E-state index < -0.39 is 9.84 Å². The molecule has 23 heavy (non-hydrogen) atoms. The third-order valence-electron chi connectivity index (χ3n) is 3.52. The molecule has 0 saturated heterocycles. The van der Waals surface area contributed by atoms with Crippen LogP contribution in [0.4, 0.5) is 0 Å². The number of aromatic hydroxyl groups is 1. The van der Waals surface area contributed by atoms with Crippen LogP contribution < -0.4 is 0 Å². The molecule has 7 heteroatoms. The molecule has 2 heterocycles. The van der Waals surface area contributed by atoms with Crippen molar-refractivity contribution in [2.24, 2.45) is 0 Å². The van der Waals surface area contributed by atoms with Gasteiger partial charge >= 0.3 is 0 Å². The molecule has 0 bridgehead atoms. The van der Waals surface area contributed by atoms with Crippen LogP contribution in [-0.4, -0.2) is 33.8 Å². The van der Waals surface area contributed by atoms with Crippen molar-refractivity contribution in [1.29, 1.82) is 0 Å². The van der Waals surface area contributed by atoms with Crippen molar-refractivity contribution in [3.63, 3.8) is 0 Å². The quantitative estimate of drug-likeness (QED) is 0.794. The predicted molar refractivity (Wildman–Crippen MR) is 86.2 cm³/mol. The number of phenols is 1. The minimum atomic E-state index is -3.36. The van der Waals surface area contributed by atoms with Crippen LogP contribution >= 0.6 is 0 Å². The SMILES string of the molecule is CCS(=O)(=O)c1ccc(O)c(-n2ccnc2-c2ccncc2)c1. The van der Waals surface area contributed by atoms with Crippen molar-refractivity contribution < 1.29 is 13.5 Å². The Morgan fingerprint density at radius 3 is 2.57 bits per heavy atom. The maximum Gasteiger partial charge on any atom is 0.178 e. The molecule has 3 rings (SSSR count). The Morgan fingerprint density at radius 1 is 1.13 bits per heavy atom. The van der Waals surface area contributed by atoms with E-state index in [4.69, 9.17) is 0 Å². The topological polar surface area (TPSA) is 85.1 Å². The molecule has 2 aromatic heterocycles. The molecular weight excluding hydrogens is 314 g/mol. The Hall–Kier alpha value is -2.67. The summed E-state index contributed by atoms with van der Waals surface area (Å²) in [5.74, 6) is 0.570. The highest BCUT2D eigenvalue weighted by Gasteiger charge is 2.17. The van der Waals surface area contributed by atoms with Crippen molar-refractivity contribution in [2.45, 2.75) is 11.8 Å². The second-order valence-electron chi connectivity index (χ2n) is 4.91. The van der Waals surface area contributed by atoms with Crippen LogP contribution in [0.25, 0.3) is 17.1 Å². The second kappa shape index (κ2) is 5.85. The third kappa shape index (κ3) is 2.83. The fourth-order valence-electron chi connectivity index (χ4n) is 2.27. The Morgan fingerprint density at radius 2 is 1.87 bits per heavy atom. The molecule has 0 atom stereocenters. The first-order chi connectivity index (χ1) is 11.0. The lowest BCUT2D eigenvalue weighted by atomic mass is 10.2. The number of aromatic nitrogens is 3. The van der Waals surface area contributed by atoms with E-state index in [-0.39, 0.29) is 16.4 Å². The first-order valence-electron chi connectivity index (χ1n) is 7.03. The smallest absolute Gasteiger partial charge is 0.178 e. The number of imidazole rings is 1. The van der Waals surface area contributed by atoms with Crippen LogP contribution in [0.3, 0.4) is 0 Å². The summed E-state index contributed by atoms with van der Waals surface area (Å²) in [4.78, 5) is 8.43. The molecule has 0 unspecified atom stereocenters. The summed E-state index contributed by atoms with van der Waals surface area (Å²) in [6, 6.07) is 7.83. The van der Waals surface area contributed by atoms with Crippen LogP contribution in [0.15, 0.2) is 60.0 Å². The number of rotatable bonds is 4. The van der Waals surface area contributed by atoms with Gasteiger partial charge in [0.2, 0.25) is 0 Å². The Bertz CT molecular complexity index is 934. The summed E-state index contributed by atoms with van der Waals surface area (Å²) in [7, 11) is -3.36. The Kier molecular flexibility index (Phi) is 3.87. The summed E-state index contributed by atoms with van der Waals surface area (Å²) in [5, 5.41) is 10.2. The van der Waals surface area contributed by atoms with Crippen LogP contribution in [0.2, 0.25) is 0 Å². The van der Waals surface area contributed by atoms with Crippen molar-refractivity contribution in [3.05, 3.63) is 55.1 Å². The first-order valence-corrected chi connectivity index (χ1v) is 8.68. The number of sulfone groups is 1. The Labute approximate surface area is 134 Å². The fourth-order valence-corrected chi connectivity index (χ4v) is 3.17. The molecule has 0 aliphatic rings. The van der Waals surface area contributed by atoms with Gasteiger partial charge in [-0.05, 0) is 30.3 Å². The van der Waals surface area contributed by atoms with E-state index >= 15 is 0 Å². The molecule has 3 aromatic rings. The molecule has 118 valence electrons. The molecule has 0 saturated carbocycles. The second-order valence-corrected chi connectivity index (χ2v) is 7.19. The minimum Gasteiger partial charge on any atom is -0.506 e. The van der Waals surface area contributed by atoms with Gasteiger partial charge in [0.15, 0.2) is 9.84 Å². The normalized spacial score (nSPS) is 11.5. The van der Waals surface area contributed by atoms with Gasteiger partial charge in [-0.25, -0.2) is 13.4 Å². The van der Waals surface area contributed by atoms with Gasteiger partial charge in [-0.1, -0.05) is 6.92 Å². The van der Waals surface area contributed by atoms with E-state index in [9.17, 15) is 13.5 Å². The van der Waals surface area contributed by atoms with E-state index in [0.29, 0.717) is 11.5 Å². The number of benzene rings is 1. The molecule has 6 nitrogen and oxygen atoms in total. The van der Waals surface area contributed by atoms with Crippen molar-refractivity contribution in [3.8, 4) is 22.8 Å². The zero-order chi connectivity index (χ0) is 16.4. The van der Waals surface area contributed by atoms with Gasteiger partial charge in [-0.15, -0.1) is 0 Å². The lowest BCUT2D eigenvalue weighted by molar-refractivity contribution is 0.472. The highest BCUT2D eigenvalue weighted by atomic mass is 32.2. The molecule has 0 radical (unpaired) electrons. The van der Waals surface area contributed by atoms with E-state index in [0.717, 1.165) is 5.56 Å². The van der Waals surface area contributed by atoms with E-state index in [1.807, 2.05) is 0 Å². The van der Waals surface area contributed by atoms with Crippen LogP contribution in [0, 0.1) is 0 Å². The van der Waals surface area contributed by atoms with Crippen molar-refractivity contribution in [2.75, 3.05) is 5.75 Å². The summed E-state index contributed by atoms with van der Waals surface area (Å²) >= 11 is 0. The van der Waals surface area contributed by atoms with Crippen LogP contribution in [0.5, 0.6) is 5.75 Å². The van der Waals surface area contributed by atoms with Gasteiger partial charge in [0.25, 0.3) is 0 Å². The number of phenolic OH excluding ortho intramolecular Hbond substituents is 1. The van der Waals surface area contributed by atoms with Gasteiger partial charge in [0.1, 0.15) is 11.6 Å². The van der Waals surface area contributed by atoms with Crippen LogP contribution in [-0.2, 0) is 9.84 Å². The number of hydrogen-bond acceptors (Lipinski definition) is 5. The van der Waals surface area contributed by atoms with Gasteiger partial charge in [-0.3, -0.25) is 9.55 Å². The summed E-state index contributed by atoms with van der Waals surface area (Å²) in [5.41, 5.74) is 1.18. The van der Waals surface area contributed by atoms with Crippen molar-refractivity contribution >= 4 is 9.84 Å². The molecule has 1 N–H and O–H groups in total. The van der Waals surface area contributed by atoms with E-state index in [2.05, 4.69) is 9.97 Å². The lowest BCUT2D eigenvalue weighted by Crippen LogP contribution is -2.05. The summed E-state index contributed by atoms with van der Waals surface area (Å²) < 4.78 is 25.8. The standard InChI is InChI=1S/C16H15N3O3S/c1-2-23(21,22)13-3-4-15(20)14(11-13)19-10-9-18-16(19)12-5-7-17-8-6-12/h3-11,20H,2H2,1H3. The highest BCUT2D eigenvalue weighted by molar-refractivity contribution is 7.91. The molecule has 0 amide bonds. The molecule has 0 aliphatic heterocycles. The number of nitrogens with zero attached hydrogens (tertiary/aromatic N) is 3. The van der Waals surface area contributed by atoms with Gasteiger partial charge in [0, 0.05) is 30.4 Å². The maximum atomic E-state index is 12.1. The molecule has 0 fully saturated rings. The zero-order valence-electron chi connectivity index (χ0n) is 12.4. The molecule has 0 aliphatic carbocycles. The Balaban J connectivity index is 2.18. The van der Waals surface area contributed by atoms with E-state index in [1.165, 1.54) is 18.2 Å².